The van der Waals surface area contributed by atoms with E-state index in [9.17, 15) is 9.50 Å². The Labute approximate surface area is 214 Å². The zero-order valence-corrected chi connectivity index (χ0v) is 21.4. The van der Waals surface area contributed by atoms with Crippen LogP contribution in [0.3, 0.4) is 0 Å². The lowest BCUT2D eigenvalue weighted by atomic mass is 9.98. The minimum atomic E-state index is -0.757. The molecule has 0 spiro atoms. The molecule has 4 heterocycles. The molecule has 1 saturated heterocycles. The summed E-state index contributed by atoms with van der Waals surface area (Å²) in [4.78, 5) is 13.4. The first-order valence-corrected chi connectivity index (χ1v) is 12.5. The van der Waals surface area contributed by atoms with Gasteiger partial charge in [-0.2, -0.15) is 19.6 Å². The molecule has 0 saturated carbocycles. The lowest BCUT2D eigenvalue weighted by Crippen LogP contribution is -2.47. The van der Waals surface area contributed by atoms with Gasteiger partial charge in [-0.1, -0.05) is 12.0 Å². The van der Waals surface area contributed by atoms with Crippen molar-refractivity contribution in [3.8, 4) is 11.8 Å². The van der Waals surface area contributed by atoms with Crippen LogP contribution < -0.4 is 10.6 Å². The number of aryl methyl sites for hydroxylation is 1. The van der Waals surface area contributed by atoms with Crippen LogP contribution in [0.25, 0.3) is 16.7 Å². The number of anilines is 2. The minimum absolute atomic E-state index is 0.207. The molecule has 0 unspecified atom stereocenters. The first kappa shape index (κ1) is 24.9. The predicted molar refractivity (Wildman–Crippen MR) is 141 cm³/mol. The average Bonchev–Trinajstić information content (AvgIpc) is 3.46. The Morgan fingerprint density at radius 1 is 1.11 bits per heavy atom. The van der Waals surface area contributed by atoms with Crippen LogP contribution in [0.15, 0.2) is 24.4 Å². The van der Waals surface area contributed by atoms with Gasteiger partial charge in [0.2, 0.25) is 11.8 Å². The maximum atomic E-state index is 14.9. The number of hydrogen-bond donors (Lipinski definition) is 2. The number of piperazine rings is 1. The molecule has 1 aliphatic rings. The van der Waals surface area contributed by atoms with Crippen molar-refractivity contribution in [1.29, 1.82) is 0 Å². The van der Waals surface area contributed by atoms with E-state index in [-0.39, 0.29) is 11.8 Å². The molecule has 194 valence electrons. The van der Waals surface area contributed by atoms with Gasteiger partial charge in [0.15, 0.2) is 11.3 Å². The van der Waals surface area contributed by atoms with Crippen LogP contribution in [0, 0.1) is 17.7 Å². The lowest BCUT2D eigenvalue weighted by molar-refractivity contribution is 0.0714. The van der Waals surface area contributed by atoms with Crippen LogP contribution >= 0.6 is 0 Å². The summed E-state index contributed by atoms with van der Waals surface area (Å²) in [6, 6.07) is 5.42. The second-order valence-corrected chi connectivity index (χ2v) is 10.0. The minimum Gasteiger partial charge on any atom is -0.390 e. The zero-order valence-electron chi connectivity index (χ0n) is 21.4. The molecule has 1 fully saturated rings. The van der Waals surface area contributed by atoms with Crippen LogP contribution in [0.2, 0.25) is 0 Å². The Bertz CT molecular complexity index is 1480. The summed E-state index contributed by atoms with van der Waals surface area (Å²) in [6.07, 6.45) is 2.98. The first-order chi connectivity index (χ1) is 17.7. The van der Waals surface area contributed by atoms with E-state index >= 15 is 0 Å². The molecule has 3 N–H and O–H groups in total. The van der Waals surface area contributed by atoms with Crippen molar-refractivity contribution in [2.24, 2.45) is 0 Å². The van der Waals surface area contributed by atoms with E-state index in [1.807, 2.05) is 16.8 Å². The molecule has 0 aliphatic carbocycles. The fraction of sp³-hybridized carbons (Fsp3) is 0.462. The number of nitrogen functional groups attached to an aromatic ring is 1. The van der Waals surface area contributed by atoms with Gasteiger partial charge in [0.1, 0.15) is 5.82 Å². The van der Waals surface area contributed by atoms with E-state index in [0.717, 1.165) is 43.7 Å². The number of aliphatic hydroxyl groups is 1. The first-order valence-electron chi connectivity index (χ1n) is 12.5. The third-order valence-electron chi connectivity index (χ3n) is 6.71. The Balaban J connectivity index is 1.20. The fourth-order valence-corrected chi connectivity index (χ4v) is 4.65. The topological polar surface area (TPSA) is 114 Å². The highest BCUT2D eigenvalue weighted by Crippen LogP contribution is 2.24. The molecular weight excluding hydrogens is 473 g/mol. The third-order valence-corrected chi connectivity index (χ3v) is 6.71. The Morgan fingerprint density at radius 2 is 1.89 bits per heavy atom. The van der Waals surface area contributed by atoms with E-state index in [1.165, 1.54) is 4.52 Å². The third kappa shape index (κ3) is 5.35. The number of rotatable bonds is 7. The molecule has 3 aromatic heterocycles. The normalized spacial score (nSPS) is 14.9. The smallest absolute Gasteiger partial charge is 0.226 e. The van der Waals surface area contributed by atoms with Gasteiger partial charge >= 0.3 is 0 Å². The zero-order chi connectivity index (χ0) is 26.2. The Morgan fingerprint density at radius 3 is 2.59 bits per heavy atom. The van der Waals surface area contributed by atoms with Gasteiger partial charge in [0, 0.05) is 32.7 Å². The molecule has 0 amide bonds. The van der Waals surface area contributed by atoms with Crippen molar-refractivity contribution >= 4 is 28.3 Å². The molecule has 0 radical (unpaired) electrons. The summed E-state index contributed by atoms with van der Waals surface area (Å²) >= 11 is 0. The van der Waals surface area contributed by atoms with Gasteiger partial charge in [-0.25, -0.2) is 9.07 Å². The standard InChI is InChI=1S/C26H32FN9O/c1-4-5-22-30-24-19-17-29-35(23(19)31-25(28)36(24)32-22)15-12-33-10-13-34(14-11-33)21-7-6-18(16-20(21)27)8-9-26(2,3)37/h6-7,16-17,37H,8-15H2,1-3H3,(H2,28,31). The van der Waals surface area contributed by atoms with Crippen LogP contribution in [0.5, 0.6) is 0 Å². The summed E-state index contributed by atoms with van der Waals surface area (Å²) < 4.78 is 18.2. The number of benzene rings is 1. The van der Waals surface area contributed by atoms with Crippen molar-refractivity contribution in [2.45, 2.75) is 45.8 Å². The highest BCUT2D eigenvalue weighted by molar-refractivity contribution is 5.89. The van der Waals surface area contributed by atoms with Gasteiger partial charge in [-0.05, 0) is 57.2 Å². The van der Waals surface area contributed by atoms with Crippen molar-refractivity contribution in [3.63, 3.8) is 0 Å². The average molecular weight is 506 g/mol. The lowest BCUT2D eigenvalue weighted by Gasteiger charge is -2.36. The molecule has 4 aromatic rings. The number of hydrogen-bond acceptors (Lipinski definition) is 8. The quantitative estimate of drug-likeness (QED) is 0.367. The molecule has 11 heteroatoms. The van der Waals surface area contributed by atoms with Gasteiger partial charge < -0.3 is 15.7 Å². The molecule has 37 heavy (non-hydrogen) atoms. The number of nitrogens with two attached hydrogens (primary N) is 1. The van der Waals surface area contributed by atoms with E-state index < -0.39 is 5.60 Å². The van der Waals surface area contributed by atoms with Gasteiger partial charge in [0.05, 0.1) is 29.4 Å². The largest absolute Gasteiger partial charge is 0.390 e. The molecule has 1 aliphatic heterocycles. The van der Waals surface area contributed by atoms with Gasteiger partial charge in [-0.3, -0.25) is 4.90 Å². The van der Waals surface area contributed by atoms with Crippen molar-refractivity contribution in [2.75, 3.05) is 43.4 Å². The van der Waals surface area contributed by atoms with E-state index in [2.05, 4.69) is 41.8 Å². The number of nitrogens with zero attached hydrogens (tertiary/aromatic N) is 8. The molecule has 1 aromatic carbocycles. The van der Waals surface area contributed by atoms with E-state index in [0.29, 0.717) is 42.2 Å². The molecule has 0 atom stereocenters. The van der Waals surface area contributed by atoms with Crippen molar-refractivity contribution < 1.29 is 9.50 Å². The summed E-state index contributed by atoms with van der Waals surface area (Å²) in [5, 5.41) is 19.5. The maximum Gasteiger partial charge on any atom is 0.226 e. The second-order valence-electron chi connectivity index (χ2n) is 10.0. The Hall–Kier alpha value is -3.75. The monoisotopic (exact) mass is 505 g/mol. The molecular formula is C26H32FN9O. The summed E-state index contributed by atoms with van der Waals surface area (Å²) in [6.45, 7) is 9.83. The predicted octanol–water partition coefficient (Wildman–Crippen LogP) is 2.09. The van der Waals surface area contributed by atoms with E-state index in [1.54, 1.807) is 33.0 Å². The summed E-state index contributed by atoms with van der Waals surface area (Å²) in [5.41, 5.74) is 8.16. The number of fused-ring (bicyclic) bond motifs is 3. The van der Waals surface area contributed by atoms with Gasteiger partial charge in [0.25, 0.3) is 0 Å². The molecule has 5 rings (SSSR count). The highest BCUT2D eigenvalue weighted by atomic mass is 19.1. The summed E-state index contributed by atoms with van der Waals surface area (Å²) in [5.74, 6) is 6.07. The highest BCUT2D eigenvalue weighted by Gasteiger charge is 2.21. The second kappa shape index (κ2) is 9.95. The maximum absolute atomic E-state index is 14.9. The summed E-state index contributed by atoms with van der Waals surface area (Å²) in [7, 11) is 0. The van der Waals surface area contributed by atoms with Crippen molar-refractivity contribution in [1.82, 2.24) is 34.3 Å². The number of halogens is 1. The molecule has 0 bridgehead atoms. The molecule has 10 nitrogen and oxygen atoms in total. The fourth-order valence-electron chi connectivity index (χ4n) is 4.65. The number of aromatic nitrogens is 6. The SMILES string of the molecule is CC#Cc1nc2c3cnn(CCN4CCN(c5ccc(CCC(C)(C)O)cc5F)CC4)c3nc(N)n2n1. The Kier molecular flexibility index (Phi) is 6.70. The van der Waals surface area contributed by atoms with Crippen molar-refractivity contribution in [3.05, 3.63) is 41.6 Å². The van der Waals surface area contributed by atoms with Gasteiger partial charge in [-0.15, -0.1) is 5.10 Å². The van der Waals surface area contributed by atoms with Crippen LogP contribution in [0.1, 0.15) is 38.6 Å². The van der Waals surface area contributed by atoms with Crippen LogP contribution in [0.4, 0.5) is 16.0 Å². The van der Waals surface area contributed by atoms with E-state index in [4.69, 9.17) is 5.73 Å². The van der Waals surface area contributed by atoms with Crippen LogP contribution in [-0.2, 0) is 13.0 Å². The van der Waals surface area contributed by atoms with Crippen LogP contribution in [-0.4, -0.2) is 77.7 Å².